The topological polar surface area (TPSA) is 99.7 Å². The van der Waals surface area contributed by atoms with Gasteiger partial charge in [-0.05, 0) is 32.7 Å². The number of oxime groups is 1. The Balaban J connectivity index is 3.79. The largest absolute Gasteiger partial charge is 0.409 e. The normalized spacial score (nSPS) is 14.1. The second-order valence-electron chi connectivity index (χ2n) is 5.79. The van der Waals surface area contributed by atoms with Crippen LogP contribution in [0.2, 0.25) is 0 Å². The van der Waals surface area contributed by atoms with Crippen molar-refractivity contribution in [3.63, 3.8) is 0 Å². The molecule has 0 radical (unpaired) electrons. The number of carbonyl (C=O) groups is 1. The first-order valence-corrected chi connectivity index (χ1v) is 7.34. The van der Waals surface area contributed by atoms with E-state index >= 15 is 0 Å². The Bertz CT molecular complexity index is 316. The maximum absolute atomic E-state index is 11.6. The Hall–Kier alpha value is -1.30. The Kier molecular flexibility index (Phi) is 8.96. The van der Waals surface area contributed by atoms with Gasteiger partial charge < -0.3 is 21.6 Å². The van der Waals surface area contributed by atoms with Crippen LogP contribution >= 0.6 is 0 Å². The van der Waals surface area contributed by atoms with Gasteiger partial charge in [-0.15, -0.1) is 0 Å². The van der Waals surface area contributed by atoms with Crippen LogP contribution in [0, 0.1) is 5.41 Å². The maximum Gasteiger partial charge on any atom is 0.236 e. The standard InChI is InChI=1S/C14H30N4O2/c1-5-9-17-12(19)11(2)16-10-7-6-8-14(3,4)13(15)18-20/h11,16,20H,5-10H2,1-4H3,(H2,15,18)(H,17,19). The predicted molar refractivity (Wildman–Crippen MR) is 81.8 cm³/mol. The number of amidine groups is 1. The van der Waals surface area contributed by atoms with Crippen molar-refractivity contribution in [3.8, 4) is 0 Å². The highest BCUT2D eigenvalue weighted by molar-refractivity contribution is 5.85. The third-order valence-corrected chi connectivity index (χ3v) is 3.42. The quantitative estimate of drug-likeness (QED) is 0.160. The molecule has 6 heteroatoms. The fourth-order valence-electron chi connectivity index (χ4n) is 1.77. The van der Waals surface area contributed by atoms with Crippen LogP contribution < -0.4 is 16.4 Å². The van der Waals surface area contributed by atoms with Crippen LogP contribution in [0.25, 0.3) is 0 Å². The molecule has 6 nitrogen and oxygen atoms in total. The van der Waals surface area contributed by atoms with E-state index in [0.29, 0.717) is 0 Å². The maximum atomic E-state index is 11.6. The minimum Gasteiger partial charge on any atom is -0.409 e. The molecule has 0 aliphatic carbocycles. The van der Waals surface area contributed by atoms with Gasteiger partial charge >= 0.3 is 0 Å². The molecule has 1 unspecified atom stereocenters. The average Bonchev–Trinajstić information content (AvgIpc) is 2.42. The summed E-state index contributed by atoms with van der Waals surface area (Å²) < 4.78 is 0. The fraction of sp³-hybridized carbons (Fsp3) is 0.857. The lowest BCUT2D eigenvalue weighted by Crippen LogP contribution is -2.42. The van der Waals surface area contributed by atoms with Crippen molar-refractivity contribution >= 4 is 11.7 Å². The molecule has 20 heavy (non-hydrogen) atoms. The van der Waals surface area contributed by atoms with E-state index in [4.69, 9.17) is 10.9 Å². The zero-order valence-corrected chi connectivity index (χ0v) is 13.2. The van der Waals surface area contributed by atoms with E-state index in [-0.39, 0.29) is 23.2 Å². The van der Waals surface area contributed by atoms with Crippen LogP contribution in [0.5, 0.6) is 0 Å². The number of carbonyl (C=O) groups excluding carboxylic acids is 1. The van der Waals surface area contributed by atoms with Gasteiger partial charge in [-0.3, -0.25) is 4.79 Å². The Morgan fingerprint density at radius 3 is 2.55 bits per heavy atom. The summed E-state index contributed by atoms with van der Waals surface area (Å²) in [7, 11) is 0. The molecule has 1 atom stereocenters. The fourth-order valence-corrected chi connectivity index (χ4v) is 1.77. The molecule has 0 spiro atoms. The molecule has 1 amide bonds. The molecule has 0 aliphatic rings. The monoisotopic (exact) mass is 286 g/mol. The van der Waals surface area contributed by atoms with Gasteiger partial charge in [0.05, 0.1) is 6.04 Å². The number of nitrogens with two attached hydrogens (primary N) is 1. The molecule has 0 rings (SSSR count). The van der Waals surface area contributed by atoms with Gasteiger partial charge in [0.25, 0.3) is 0 Å². The molecule has 0 aromatic rings. The number of hydrogen-bond donors (Lipinski definition) is 4. The van der Waals surface area contributed by atoms with Crippen molar-refractivity contribution in [1.82, 2.24) is 10.6 Å². The molecule has 0 bridgehead atoms. The highest BCUT2D eigenvalue weighted by Gasteiger charge is 2.22. The third kappa shape index (κ3) is 7.33. The number of amides is 1. The number of unbranched alkanes of at least 4 members (excludes halogenated alkanes) is 1. The summed E-state index contributed by atoms with van der Waals surface area (Å²) in [6.07, 6.45) is 3.70. The zero-order valence-electron chi connectivity index (χ0n) is 13.2. The SMILES string of the molecule is CCCNC(=O)C(C)NCCCCC(C)(C)C(N)=NO. The first-order valence-electron chi connectivity index (χ1n) is 7.34. The summed E-state index contributed by atoms with van der Waals surface area (Å²) >= 11 is 0. The van der Waals surface area contributed by atoms with Crippen molar-refractivity contribution < 1.29 is 10.0 Å². The van der Waals surface area contributed by atoms with Crippen molar-refractivity contribution in [2.45, 2.75) is 59.4 Å². The van der Waals surface area contributed by atoms with Gasteiger partial charge in [0.15, 0.2) is 0 Å². The van der Waals surface area contributed by atoms with Crippen molar-refractivity contribution in [1.29, 1.82) is 0 Å². The Morgan fingerprint density at radius 1 is 1.35 bits per heavy atom. The summed E-state index contributed by atoms with van der Waals surface area (Å²) in [5.74, 6) is 0.307. The van der Waals surface area contributed by atoms with Gasteiger partial charge in [-0.25, -0.2) is 0 Å². The number of hydrogen-bond acceptors (Lipinski definition) is 4. The molecule has 0 heterocycles. The van der Waals surface area contributed by atoms with E-state index in [2.05, 4.69) is 15.8 Å². The molecule has 0 aromatic heterocycles. The van der Waals surface area contributed by atoms with E-state index in [0.717, 1.165) is 38.8 Å². The molecule has 118 valence electrons. The zero-order chi connectivity index (χ0) is 15.6. The van der Waals surface area contributed by atoms with E-state index in [1.54, 1.807) is 0 Å². The summed E-state index contributed by atoms with van der Waals surface area (Å²) in [6, 6.07) is -0.168. The van der Waals surface area contributed by atoms with E-state index < -0.39 is 0 Å². The molecule has 0 aliphatic heterocycles. The lowest BCUT2D eigenvalue weighted by atomic mass is 9.86. The van der Waals surface area contributed by atoms with E-state index in [1.807, 2.05) is 27.7 Å². The van der Waals surface area contributed by atoms with E-state index in [9.17, 15) is 4.79 Å². The molecule has 0 saturated heterocycles. The molecule has 5 N–H and O–H groups in total. The molecular weight excluding hydrogens is 256 g/mol. The minimum absolute atomic E-state index is 0.0452. The second-order valence-corrected chi connectivity index (χ2v) is 5.79. The van der Waals surface area contributed by atoms with Gasteiger partial charge in [0, 0.05) is 12.0 Å². The van der Waals surface area contributed by atoms with Crippen LogP contribution in [0.4, 0.5) is 0 Å². The summed E-state index contributed by atoms with van der Waals surface area (Å²) in [5, 5.41) is 17.8. The van der Waals surface area contributed by atoms with Crippen molar-refractivity contribution in [3.05, 3.63) is 0 Å². The van der Waals surface area contributed by atoms with Crippen LogP contribution in [0.15, 0.2) is 5.16 Å². The Morgan fingerprint density at radius 2 is 2.00 bits per heavy atom. The summed E-state index contributed by atoms with van der Waals surface area (Å²) in [4.78, 5) is 11.6. The Labute approximate surface area is 122 Å². The van der Waals surface area contributed by atoms with Gasteiger partial charge in [-0.2, -0.15) is 0 Å². The van der Waals surface area contributed by atoms with Crippen LogP contribution in [0.3, 0.4) is 0 Å². The van der Waals surface area contributed by atoms with Gasteiger partial charge in [-0.1, -0.05) is 32.3 Å². The number of nitrogens with zero attached hydrogens (tertiary/aromatic N) is 1. The van der Waals surface area contributed by atoms with Gasteiger partial charge in [0.1, 0.15) is 5.84 Å². The van der Waals surface area contributed by atoms with Gasteiger partial charge in [0.2, 0.25) is 5.91 Å². The first-order chi connectivity index (χ1) is 9.35. The predicted octanol–water partition coefficient (Wildman–Crippen LogP) is 1.43. The smallest absolute Gasteiger partial charge is 0.236 e. The molecule has 0 saturated carbocycles. The minimum atomic E-state index is -0.293. The van der Waals surface area contributed by atoms with Crippen LogP contribution in [-0.2, 0) is 4.79 Å². The lowest BCUT2D eigenvalue weighted by Gasteiger charge is -2.22. The van der Waals surface area contributed by atoms with E-state index in [1.165, 1.54) is 0 Å². The summed E-state index contributed by atoms with van der Waals surface area (Å²) in [5.41, 5.74) is 5.34. The molecule has 0 fully saturated rings. The molecular formula is C14H30N4O2. The average molecular weight is 286 g/mol. The van der Waals surface area contributed by atoms with Crippen LogP contribution in [-0.4, -0.2) is 36.1 Å². The lowest BCUT2D eigenvalue weighted by molar-refractivity contribution is -0.122. The highest BCUT2D eigenvalue weighted by atomic mass is 16.4. The van der Waals surface area contributed by atoms with Crippen LogP contribution in [0.1, 0.15) is 53.4 Å². The first kappa shape index (κ1) is 18.7. The number of rotatable bonds is 10. The third-order valence-electron chi connectivity index (χ3n) is 3.42. The molecule has 0 aromatic carbocycles. The highest BCUT2D eigenvalue weighted by Crippen LogP contribution is 2.23. The number of nitrogens with one attached hydrogen (secondary N) is 2. The summed E-state index contributed by atoms with van der Waals surface area (Å²) in [6.45, 7) is 9.31. The second kappa shape index (κ2) is 9.58. The van der Waals surface area contributed by atoms with Crippen molar-refractivity contribution in [2.75, 3.05) is 13.1 Å². The van der Waals surface area contributed by atoms with Crippen molar-refractivity contribution in [2.24, 2.45) is 16.3 Å².